The lowest BCUT2D eigenvalue weighted by molar-refractivity contribution is -0.116. The van der Waals surface area contributed by atoms with Crippen LogP contribution in [0.1, 0.15) is 26.7 Å². The Morgan fingerprint density at radius 1 is 1.38 bits per heavy atom. The average molecular weight is 335 g/mol. The first-order chi connectivity index (χ1) is 9.52. The molecule has 0 saturated carbocycles. The van der Waals surface area contributed by atoms with Gasteiger partial charge in [0, 0.05) is 12.1 Å². The van der Waals surface area contributed by atoms with Crippen LogP contribution in [0.5, 0.6) is 5.75 Å². The molecular weight excluding hydrogens is 311 g/mol. The Hall–Kier alpha value is -0.970. The van der Waals surface area contributed by atoms with Crippen LogP contribution in [0.3, 0.4) is 0 Å². The van der Waals surface area contributed by atoms with Crippen molar-refractivity contribution >= 4 is 35.6 Å². The Labute approximate surface area is 138 Å². The predicted molar refractivity (Wildman–Crippen MR) is 90.8 cm³/mol. The van der Waals surface area contributed by atoms with Crippen LogP contribution in [-0.2, 0) is 4.79 Å². The molecule has 0 aromatic heterocycles. The van der Waals surface area contributed by atoms with E-state index >= 15 is 0 Å². The molecule has 0 fully saturated rings. The van der Waals surface area contributed by atoms with Crippen LogP contribution in [0.25, 0.3) is 0 Å². The number of anilines is 1. The number of amides is 1. The molecule has 0 aliphatic carbocycles. The summed E-state index contributed by atoms with van der Waals surface area (Å²) in [7, 11) is 1.87. The predicted octanol–water partition coefficient (Wildman–Crippen LogP) is 3.73. The topological polar surface area (TPSA) is 50.4 Å². The van der Waals surface area contributed by atoms with E-state index in [0.717, 1.165) is 13.0 Å². The Bertz CT molecular complexity index is 440. The molecule has 0 bridgehead atoms. The van der Waals surface area contributed by atoms with E-state index in [1.165, 1.54) is 0 Å². The molecular formula is C15H24Cl2N2O2. The minimum absolute atomic E-state index is 0. The Morgan fingerprint density at radius 3 is 2.67 bits per heavy atom. The molecule has 6 heteroatoms. The van der Waals surface area contributed by atoms with Gasteiger partial charge in [0.05, 0.1) is 11.6 Å². The summed E-state index contributed by atoms with van der Waals surface area (Å²) in [6.07, 6.45) is 1.30. The normalized spacial score (nSPS) is 10.1. The summed E-state index contributed by atoms with van der Waals surface area (Å²) in [5, 5.41) is 6.35. The highest BCUT2D eigenvalue weighted by molar-refractivity contribution is 6.32. The number of hydrogen-bond acceptors (Lipinski definition) is 3. The van der Waals surface area contributed by atoms with Gasteiger partial charge in [0.2, 0.25) is 5.91 Å². The first-order valence-corrected chi connectivity index (χ1v) is 7.27. The summed E-state index contributed by atoms with van der Waals surface area (Å²) in [6, 6.07) is 5.30. The third-order valence-corrected chi connectivity index (χ3v) is 2.91. The molecule has 0 radical (unpaired) electrons. The van der Waals surface area contributed by atoms with Gasteiger partial charge in [-0.05, 0) is 44.1 Å². The van der Waals surface area contributed by atoms with E-state index in [4.69, 9.17) is 16.3 Å². The zero-order chi connectivity index (χ0) is 15.0. The molecule has 1 rings (SSSR count). The van der Waals surface area contributed by atoms with Gasteiger partial charge in [0.15, 0.2) is 0 Å². The SMILES string of the molecule is CNCCCC(=O)Nc1ccc(OCC(C)C)c(Cl)c1.Cl. The maximum atomic E-state index is 11.7. The van der Waals surface area contributed by atoms with Crippen molar-refractivity contribution in [3.63, 3.8) is 0 Å². The number of halogens is 2. The second-order valence-electron chi connectivity index (χ2n) is 5.11. The van der Waals surface area contributed by atoms with Crippen molar-refractivity contribution in [1.82, 2.24) is 5.32 Å². The van der Waals surface area contributed by atoms with Gasteiger partial charge in [-0.3, -0.25) is 4.79 Å². The third kappa shape index (κ3) is 8.15. The van der Waals surface area contributed by atoms with Gasteiger partial charge in [0.1, 0.15) is 5.75 Å². The lowest BCUT2D eigenvalue weighted by Gasteiger charge is -2.12. The molecule has 0 aliphatic rings. The second-order valence-corrected chi connectivity index (χ2v) is 5.51. The summed E-state index contributed by atoms with van der Waals surface area (Å²) in [6.45, 7) is 5.60. The molecule has 1 aromatic carbocycles. The van der Waals surface area contributed by atoms with E-state index in [9.17, 15) is 4.79 Å². The fourth-order valence-electron chi connectivity index (χ4n) is 1.60. The van der Waals surface area contributed by atoms with Gasteiger partial charge in [-0.2, -0.15) is 0 Å². The first kappa shape index (κ1) is 20.0. The molecule has 0 unspecified atom stereocenters. The van der Waals surface area contributed by atoms with Gasteiger partial charge in [-0.25, -0.2) is 0 Å². The van der Waals surface area contributed by atoms with Gasteiger partial charge >= 0.3 is 0 Å². The summed E-state index contributed by atoms with van der Waals surface area (Å²) in [5.74, 6) is 1.08. The number of hydrogen-bond donors (Lipinski definition) is 2. The van der Waals surface area contributed by atoms with Crippen molar-refractivity contribution in [3.8, 4) is 5.75 Å². The molecule has 0 aliphatic heterocycles. The van der Waals surface area contributed by atoms with Crippen molar-refractivity contribution in [1.29, 1.82) is 0 Å². The van der Waals surface area contributed by atoms with Gasteiger partial charge in [-0.15, -0.1) is 12.4 Å². The van der Waals surface area contributed by atoms with Gasteiger partial charge < -0.3 is 15.4 Å². The Morgan fingerprint density at radius 2 is 2.10 bits per heavy atom. The second kappa shape index (κ2) is 10.7. The van der Waals surface area contributed by atoms with Crippen molar-refractivity contribution in [2.24, 2.45) is 5.92 Å². The minimum Gasteiger partial charge on any atom is -0.492 e. The molecule has 2 N–H and O–H groups in total. The van der Waals surface area contributed by atoms with Crippen LogP contribution < -0.4 is 15.4 Å². The lowest BCUT2D eigenvalue weighted by Crippen LogP contribution is -2.15. The van der Waals surface area contributed by atoms with E-state index in [-0.39, 0.29) is 18.3 Å². The third-order valence-electron chi connectivity index (χ3n) is 2.62. The minimum atomic E-state index is -0.00725. The fourth-order valence-corrected chi connectivity index (χ4v) is 1.84. The zero-order valence-corrected chi connectivity index (χ0v) is 14.3. The number of carbonyl (C=O) groups excluding carboxylic acids is 1. The molecule has 1 aromatic rings. The van der Waals surface area contributed by atoms with Crippen LogP contribution in [0, 0.1) is 5.92 Å². The Kier molecular flexibility index (Phi) is 10.2. The van der Waals surface area contributed by atoms with E-state index < -0.39 is 0 Å². The van der Waals surface area contributed by atoms with Crippen molar-refractivity contribution in [3.05, 3.63) is 23.2 Å². The fraction of sp³-hybridized carbons (Fsp3) is 0.533. The number of benzene rings is 1. The standard InChI is InChI=1S/C15H23ClN2O2.ClH/c1-11(2)10-20-14-7-6-12(9-13(14)16)18-15(19)5-4-8-17-3;/h6-7,9,11,17H,4-5,8,10H2,1-3H3,(H,18,19);1H. The lowest BCUT2D eigenvalue weighted by atomic mass is 10.2. The number of ether oxygens (including phenoxy) is 1. The maximum absolute atomic E-state index is 11.7. The van der Waals surface area contributed by atoms with E-state index in [0.29, 0.717) is 35.4 Å². The maximum Gasteiger partial charge on any atom is 0.224 e. The summed E-state index contributed by atoms with van der Waals surface area (Å²) in [5.41, 5.74) is 0.696. The monoisotopic (exact) mass is 334 g/mol. The molecule has 0 saturated heterocycles. The molecule has 1 amide bonds. The van der Waals surface area contributed by atoms with Crippen LogP contribution in [0.4, 0.5) is 5.69 Å². The van der Waals surface area contributed by atoms with Crippen LogP contribution in [-0.4, -0.2) is 26.1 Å². The smallest absolute Gasteiger partial charge is 0.224 e. The number of rotatable bonds is 8. The summed E-state index contributed by atoms with van der Waals surface area (Å²) >= 11 is 6.14. The zero-order valence-electron chi connectivity index (χ0n) is 12.7. The summed E-state index contributed by atoms with van der Waals surface area (Å²) in [4.78, 5) is 11.7. The van der Waals surface area contributed by atoms with Crippen molar-refractivity contribution < 1.29 is 9.53 Å². The van der Waals surface area contributed by atoms with Crippen LogP contribution >= 0.6 is 24.0 Å². The number of nitrogens with one attached hydrogen (secondary N) is 2. The molecule has 120 valence electrons. The molecule has 4 nitrogen and oxygen atoms in total. The highest BCUT2D eigenvalue weighted by Gasteiger charge is 2.07. The van der Waals surface area contributed by atoms with Crippen molar-refractivity contribution in [2.75, 3.05) is 25.5 Å². The summed E-state index contributed by atoms with van der Waals surface area (Å²) < 4.78 is 5.58. The van der Waals surface area contributed by atoms with Crippen molar-refractivity contribution in [2.45, 2.75) is 26.7 Å². The van der Waals surface area contributed by atoms with E-state index in [2.05, 4.69) is 24.5 Å². The highest BCUT2D eigenvalue weighted by atomic mass is 35.5. The Balaban J connectivity index is 0.00000400. The number of carbonyl (C=O) groups is 1. The average Bonchev–Trinajstić information content (AvgIpc) is 2.38. The molecule has 0 heterocycles. The highest BCUT2D eigenvalue weighted by Crippen LogP contribution is 2.28. The molecule has 0 spiro atoms. The first-order valence-electron chi connectivity index (χ1n) is 6.89. The molecule has 0 atom stereocenters. The van der Waals surface area contributed by atoms with E-state index in [1.807, 2.05) is 7.05 Å². The molecule has 21 heavy (non-hydrogen) atoms. The largest absolute Gasteiger partial charge is 0.492 e. The quantitative estimate of drug-likeness (QED) is 0.712. The van der Waals surface area contributed by atoms with Crippen LogP contribution in [0.2, 0.25) is 5.02 Å². The van der Waals surface area contributed by atoms with Gasteiger partial charge in [0.25, 0.3) is 0 Å². The van der Waals surface area contributed by atoms with Gasteiger partial charge in [-0.1, -0.05) is 25.4 Å². The van der Waals surface area contributed by atoms with E-state index in [1.54, 1.807) is 18.2 Å². The van der Waals surface area contributed by atoms with Crippen LogP contribution in [0.15, 0.2) is 18.2 Å².